The van der Waals surface area contributed by atoms with Gasteiger partial charge in [0.25, 0.3) is 5.91 Å². The number of aromatic nitrogens is 4. The largest absolute Gasteiger partial charge is 0.373 e. The summed E-state index contributed by atoms with van der Waals surface area (Å²) >= 11 is 12.7. The van der Waals surface area contributed by atoms with Crippen molar-refractivity contribution in [3.05, 3.63) is 105 Å². The van der Waals surface area contributed by atoms with Crippen LogP contribution in [0.4, 0.5) is 21.5 Å². The number of nitriles is 1. The summed E-state index contributed by atoms with van der Waals surface area (Å²) < 4.78 is 15.6. The molecule has 1 amide bonds. The van der Waals surface area contributed by atoms with Gasteiger partial charge in [-0.1, -0.05) is 46.6 Å². The fourth-order valence-corrected chi connectivity index (χ4v) is 5.43. The van der Waals surface area contributed by atoms with Crippen molar-refractivity contribution in [1.82, 2.24) is 25.3 Å². The molecule has 0 fully saturated rings. The summed E-state index contributed by atoms with van der Waals surface area (Å²) in [5.41, 5.74) is 5.03. The van der Waals surface area contributed by atoms with E-state index in [-0.39, 0.29) is 22.5 Å². The highest BCUT2D eigenvalue weighted by atomic mass is 35.5. The van der Waals surface area contributed by atoms with E-state index in [1.807, 2.05) is 44.3 Å². The fourth-order valence-electron chi connectivity index (χ4n) is 4.98. The van der Waals surface area contributed by atoms with Crippen LogP contribution in [0.1, 0.15) is 58.7 Å². The Labute approximate surface area is 250 Å². The Hall–Kier alpha value is -4.72. The Morgan fingerprint density at radius 1 is 1.12 bits per heavy atom. The maximum Gasteiger partial charge on any atom is 0.252 e. The van der Waals surface area contributed by atoms with Crippen LogP contribution >= 0.6 is 23.2 Å². The van der Waals surface area contributed by atoms with E-state index in [0.29, 0.717) is 50.8 Å². The van der Waals surface area contributed by atoms with Crippen molar-refractivity contribution >= 4 is 57.1 Å². The van der Waals surface area contributed by atoms with Gasteiger partial charge in [-0.05, 0) is 55.3 Å². The van der Waals surface area contributed by atoms with Crippen LogP contribution in [-0.2, 0) is 6.54 Å². The average molecular weight is 601 g/mol. The van der Waals surface area contributed by atoms with Gasteiger partial charge >= 0.3 is 0 Å². The van der Waals surface area contributed by atoms with Crippen LogP contribution in [0.5, 0.6) is 0 Å². The average Bonchev–Trinajstić information content (AvgIpc) is 3.62. The number of amides is 1. The molecule has 1 aliphatic rings. The maximum atomic E-state index is 13.8. The predicted octanol–water partition coefficient (Wildman–Crippen LogP) is 6.91. The molecule has 0 saturated carbocycles. The lowest BCUT2D eigenvalue weighted by Gasteiger charge is -2.21. The molecule has 3 aromatic carbocycles. The van der Waals surface area contributed by atoms with E-state index in [1.54, 1.807) is 10.7 Å². The fraction of sp³-hybridized carbons (Fsp3) is 0.167. The van der Waals surface area contributed by atoms with E-state index in [1.165, 1.54) is 24.4 Å². The molecule has 0 bridgehead atoms. The van der Waals surface area contributed by atoms with E-state index in [2.05, 4.69) is 37.3 Å². The molecule has 0 spiro atoms. The van der Waals surface area contributed by atoms with Crippen molar-refractivity contribution in [2.45, 2.75) is 32.5 Å². The van der Waals surface area contributed by atoms with Gasteiger partial charge in [0.1, 0.15) is 17.6 Å². The van der Waals surface area contributed by atoms with Gasteiger partial charge in [-0.3, -0.25) is 9.78 Å². The third kappa shape index (κ3) is 4.98. The van der Waals surface area contributed by atoms with Gasteiger partial charge in [0.05, 0.1) is 39.1 Å². The van der Waals surface area contributed by atoms with Gasteiger partial charge in [-0.25, -0.2) is 9.07 Å². The lowest BCUT2D eigenvalue weighted by atomic mass is 9.95. The van der Waals surface area contributed by atoms with Gasteiger partial charge < -0.3 is 16.0 Å². The van der Waals surface area contributed by atoms with Crippen LogP contribution in [0.25, 0.3) is 10.9 Å². The Kier molecular flexibility index (Phi) is 7.14. The van der Waals surface area contributed by atoms with Gasteiger partial charge in [0, 0.05) is 41.1 Å². The zero-order chi connectivity index (χ0) is 29.5. The molecule has 1 aliphatic heterocycles. The van der Waals surface area contributed by atoms with Crippen LogP contribution in [-0.4, -0.2) is 25.9 Å². The molecular formula is C30H23Cl2FN8O. The topological polar surface area (TPSA) is 121 Å². The molecule has 3 N–H and O–H groups in total. The first-order valence-corrected chi connectivity index (χ1v) is 13.8. The summed E-state index contributed by atoms with van der Waals surface area (Å²) in [4.78, 5) is 17.3. The molecule has 210 valence electrons. The number of hydrogen-bond acceptors (Lipinski definition) is 7. The number of carbonyl (C=O) groups is 1. The van der Waals surface area contributed by atoms with Gasteiger partial charge in [0.2, 0.25) is 0 Å². The Balaban J connectivity index is 1.49. The number of pyridine rings is 1. The lowest BCUT2D eigenvalue weighted by molar-refractivity contribution is 0.0965. The summed E-state index contributed by atoms with van der Waals surface area (Å²) in [5.74, 6) is -0.717. The monoisotopic (exact) mass is 600 g/mol. The number of hydrogen-bond donors (Lipinski definition) is 3. The number of nitrogens with zero attached hydrogens (tertiary/aromatic N) is 5. The molecule has 1 unspecified atom stereocenters. The number of benzene rings is 3. The number of rotatable bonds is 7. The van der Waals surface area contributed by atoms with E-state index in [0.717, 1.165) is 11.1 Å². The molecule has 5 aromatic rings. The van der Waals surface area contributed by atoms with Crippen LogP contribution in [0.3, 0.4) is 0 Å². The second-order valence-corrected chi connectivity index (χ2v) is 10.9. The zero-order valence-corrected chi connectivity index (χ0v) is 23.9. The molecule has 2 aromatic heterocycles. The van der Waals surface area contributed by atoms with Crippen LogP contribution in [0.15, 0.2) is 60.9 Å². The van der Waals surface area contributed by atoms with Crippen molar-refractivity contribution in [1.29, 1.82) is 5.26 Å². The van der Waals surface area contributed by atoms with Gasteiger partial charge in [0.15, 0.2) is 0 Å². The third-order valence-electron chi connectivity index (χ3n) is 7.06. The Bertz CT molecular complexity index is 1920. The summed E-state index contributed by atoms with van der Waals surface area (Å²) in [5, 5.41) is 29.0. The highest BCUT2D eigenvalue weighted by molar-refractivity contribution is 6.36. The molecule has 0 saturated heterocycles. The standard InChI is InChI=1S/C30H23Cl2FN8O/c1-15(2)41-14-25(39-40-41)29(20-5-3-4-16-12-36-30(42)26(16)20)38-19-8-21-27(37-18-6-7-24(33)22(31)9-18)17(11-34)13-35-28(21)23(32)10-19/h3-10,13-15,29,38H,12H2,1-2H3,(H,35,37)(H,36,42). The second-order valence-electron chi connectivity index (χ2n) is 10.1. The summed E-state index contributed by atoms with van der Waals surface area (Å²) in [6.07, 6.45) is 3.27. The van der Waals surface area contributed by atoms with Crippen molar-refractivity contribution in [2.24, 2.45) is 0 Å². The number of halogens is 3. The van der Waals surface area contributed by atoms with Crippen molar-refractivity contribution in [3.8, 4) is 6.07 Å². The smallest absolute Gasteiger partial charge is 0.252 e. The first kappa shape index (κ1) is 27.4. The summed E-state index contributed by atoms with van der Waals surface area (Å²) in [7, 11) is 0. The first-order chi connectivity index (χ1) is 20.2. The number of nitrogens with one attached hydrogen (secondary N) is 3. The molecule has 12 heteroatoms. The Morgan fingerprint density at radius 3 is 2.67 bits per heavy atom. The van der Waals surface area contributed by atoms with Crippen molar-refractivity contribution in [3.63, 3.8) is 0 Å². The van der Waals surface area contributed by atoms with E-state index < -0.39 is 11.9 Å². The summed E-state index contributed by atoms with van der Waals surface area (Å²) in [6, 6.07) is 15.1. The molecule has 42 heavy (non-hydrogen) atoms. The van der Waals surface area contributed by atoms with Crippen molar-refractivity contribution in [2.75, 3.05) is 10.6 Å². The normalized spacial score (nSPS) is 13.1. The first-order valence-electron chi connectivity index (χ1n) is 13.1. The molecule has 1 atom stereocenters. The highest BCUT2D eigenvalue weighted by Gasteiger charge is 2.29. The lowest BCUT2D eigenvalue weighted by Crippen LogP contribution is -2.19. The number of anilines is 3. The minimum atomic E-state index is -0.566. The number of fused-ring (bicyclic) bond motifs is 2. The molecule has 6 rings (SSSR count). The molecule has 0 radical (unpaired) electrons. The maximum absolute atomic E-state index is 13.8. The quantitative estimate of drug-likeness (QED) is 0.185. The van der Waals surface area contributed by atoms with Crippen molar-refractivity contribution < 1.29 is 9.18 Å². The van der Waals surface area contributed by atoms with Gasteiger partial charge in [-0.15, -0.1) is 5.10 Å². The Morgan fingerprint density at radius 2 is 1.93 bits per heavy atom. The zero-order valence-electron chi connectivity index (χ0n) is 22.4. The van der Waals surface area contributed by atoms with E-state index in [9.17, 15) is 14.4 Å². The molecular weight excluding hydrogens is 578 g/mol. The van der Waals surface area contributed by atoms with E-state index in [4.69, 9.17) is 23.2 Å². The van der Waals surface area contributed by atoms with E-state index >= 15 is 0 Å². The predicted molar refractivity (Wildman–Crippen MR) is 160 cm³/mol. The number of carbonyl (C=O) groups excluding carboxylic acids is 1. The second kappa shape index (κ2) is 10.9. The third-order valence-corrected chi connectivity index (χ3v) is 7.64. The van der Waals surface area contributed by atoms with Gasteiger partial charge in [-0.2, -0.15) is 5.26 Å². The van der Waals surface area contributed by atoms with Crippen LogP contribution in [0, 0.1) is 17.1 Å². The van der Waals surface area contributed by atoms with Crippen LogP contribution < -0.4 is 16.0 Å². The molecule has 0 aliphatic carbocycles. The molecule has 9 nitrogen and oxygen atoms in total. The minimum absolute atomic E-state index is 0.0611. The molecule has 3 heterocycles. The minimum Gasteiger partial charge on any atom is -0.373 e. The van der Waals surface area contributed by atoms with Crippen LogP contribution in [0.2, 0.25) is 10.0 Å². The highest BCUT2D eigenvalue weighted by Crippen LogP contribution is 2.38. The SMILES string of the molecule is CC(C)n1cc(C(Nc2cc(Cl)c3ncc(C#N)c(Nc4ccc(F)c(Cl)c4)c3c2)c2cccc3c2C(=O)NC3)nn1. The summed E-state index contributed by atoms with van der Waals surface area (Å²) in [6.45, 7) is 4.45.